The fourth-order valence-corrected chi connectivity index (χ4v) is 5.51. The molecule has 1 saturated carbocycles. The molecule has 1 fully saturated rings. The molecule has 0 aliphatic heterocycles. The normalized spacial score (nSPS) is 20.2. The van der Waals surface area contributed by atoms with Gasteiger partial charge in [-0.2, -0.15) is 5.10 Å². The molecule has 210 valence electrons. The Kier molecular flexibility index (Phi) is 8.39. The number of primary amides is 1. The topological polar surface area (TPSA) is 171 Å². The van der Waals surface area contributed by atoms with Crippen LogP contribution < -0.4 is 22.1 Å². The number of hydrogen-bond donors (Lipinski definition) is 4. The van der Waals surface area contributed by atoms with E-state index >= 15 is 0 Å². The second kappa shape index (κ2) is 11.6. The van der Waals surface area contributed by atoms with Crippen molar-refractivity contribution in [1.29, 1.82) is 0 Å². The Balaban J connectivity index is 1.45. The highest BCUT2D eigenvalue weighted by Gasteiger charge is 2.36. The zero-order valence-electron chi connectivity index (χ0n) is 22.8. The van der Waals surface area contributed by atoms with Gasteiger partial charge in [0.2, 0.25) is 5.91 Å². The van der Waals surface area contributed by atoms with Gasteiger partial charge >= 0.3 is 5.97 Å². The van der Waals surface area contributed by atoms with E-state index in [-0.39, 0.29) is 48.8 Å². The summed E-state index contributed by atoms with van der Waals surface area (Å²) in [5, 5.41) is 10.7. The van der Waals surface area contributed by atoms with E-state index in [4.69, 9.17) is 16.2 Å². The van der Waals surface area contributed by atoms with Crippen LogP contribution in [0.4, 0.5) is 5.69 Å². The predicted molar refractivity (Wildman–Crippen MR) is 146 cm³/mol. The number of esters is 1. The second-order valence-corrected chi connectivity index (χ2v) is 11.3. The van der Waals surface area contributed by atoms with E-state index in [9.17, 15) is 19.2 Å². The monoisotopic (exact) mass is 538 g/mol. The zero-order chi connectivity index (χ0) is 28.3. The molecule has 6 N–H and O–H groups in total. The Morgan fingerprint density at radius 3 is 2.54 bits per heavy atom. The van der Waals surface area contributed by atoms with E-state index in [0.717, 1.165) is 24.2 Å². The molecule has 0 bridgehead atoms. The van der Waals surface area contributed by atoms with Crippen molar-refractivity contribution in [2.75, 3.05) is 18.4 Å². The number of hydrogen-bond acceptors (Lipinski definition) is 8. The van der Waals surface area contributed by atoms with Crippen LogP contribution in [-0.2, 0) is 20.7 Å². The van der Waals surface area contributed by atoms with Gasteiger partial charge in [0.1, 0.15) is 12.6 Å². The lowest BCUT2D eigenvalue weighted by Crippen LogP contribution is -2.36. The minimum absolute atomic E-state index is 0.0475. The first-order valence-corrected chi connectivity index (χ1v) is 13.5. The molecular formula is C28H38N6O5. The van der Waals surface area contributed by atoms with Crippen LogP contribution in [0.5, 0.6) is 0 Å². The zero-order valence-corrected chi connectivity index (χ0v) is 22.8. The maximum atomic E-state index is 12.8. The van der Waals surface area contributed by atoms with Crippen LogP contribution in [0.2, 0.25) is 0 Å². The smallest absolute Gasteiger partial charge is 0.325 e. The third-order valence-electron chi connectivity index (χ3n) is 7.37. The summed E-state index contributed by atoms with van der Waals surface area (Å²) in [6, 6.07) is 5.39. The third kappa shape index (κ3) is 6.65. The number of amides is 2. The first-order chi connectivity index (χ1) is 18.5. The molecule has 1 heterocycles. The molecule has 4 rings (SSSR count). The summed E-state index contributed by atoms with van der Waals surface area (Å²) in [7, 11) is 0. The minimum atomic E-state index is -0.543. The van der Waals surface area contributed by atoms with Crippen LogP contribution in [0.25, 0.3) is 5.69 Å². The summed E-state index contributed by atoms with van der Waals surface area (Å²) in [6.45, 7) is 6.05. The molecule has 39 heavy (non-hydrogen) atoms. The maximum absolute atomic E-state index is 12.8. The van der Waals surface area contributed by atoms with Gasteiger partial charge in [0.15, 0.2) is 5.78 Å². The molecule has 0 atom stereocenters. The fraction of sp³-hybridized carbons (Fsp3) is 0.536. The first kappa shape index (κ1) is 28.3. The minimum Gasteiger partial charge on any atom is -0.461 e. The van der Waals surface area contributed by atoms with Gasteiger partial charge in [-0.05, 0) is 62.6 Å². The van der Waals surface area contributed by atoms with Crippen LogP contribution >= 0.6 is 0 Å². The number of Topliss-reactive ketones (excluding diaryl/α,β-unsaturated/α-hetero) is 1. The predicted octanol–water partition coefficient (Wildman–Crippen LogP) is 2.17. The average Bonchev–Trinajstić information content (AvgIpc) is 3.19. The number of ether oxygens (including phenoxy) is 1. The van der Waals surface area contributed by atoms with Crippen molar-refractivity contribution in [2.45, 2.75) is 77.9 Å². The lowest BCUT2D eigenvalue weighted by molar-refractivity contribution is -0.150. The maximum Gasteiger partial charge on any atom is 0.325 e. The van der Waals surface area contributed by atoms with Crippen molar-refractivity contribution >= 4 is 29.3 Å². The molecule has 0 radical (unpaired) electrons. The number of nitrogens with one attached hydrogen (secondary N) is 2. The summed E-state index contributed by atoms with van der Waals surface area (Å²) in [6.07, 6.45) is 3.87. The highest BCUT2D eigenvalue weighted by Crippen LogP contribution is 2.37. The Morgan fingerprint density at radius 2 is 1.87 bits per heavy atom. The number of nitrogens with zero attached hydrogens (tertiary/aromatic N) is 2. The molecular weight excluding hydrogens is 500 g/mol. The molecule has 0 unspecified atom stereocenters. The lowest BCUT2D eigenvalue weighted by Gasteiger charge is -2.30. The van der Waals surface area contributed by atoms with Gasteiger partial charge in [-0.15, -0.1) is 0 Å². The molecule has 2 amide bonds. The van der Waals surface area contributed by atoms with Crippen LogP contribution in [0.1, 0.15) is 84.5 Å². The molecule has 2 aliphatic carbocycles. The van der Waals surface area contributed by atoms with Gasteiger partial charge in [-0.3, -0.25) is 19.2 Å². The largest absolute Gasteiger partial charge is 0.461 e. The van der Waals surface area contributed by atoms with Gasteiger partial charge in [0, 0.05) is 31.1 Å². The Hall–Kier alpha value is -3.73. The summed E-state index contributed by atoms with van der Waals surface area (Å²) >= 11 is 0. The number of fused-ring (bicyclic) bond motifs is 1. The SMILES string of the molecule is Cc1nn(-c2ccc(C(N)=O)c(NC3CCC(OC(=O)CNC(=O)CCN)CC3)c2)c2c1C(=O)CC(C)(C)C2. The van der Waals surface area contributed by atoms with Crippen molar-refractivity contribution in [1.82, 2.24) is 15.1 Å². The van der Waals surface area contributed by atoms with Crippen LogP contribution in [0.3, 0.4) is 0 Å². The van der Waals surface area contributed by atoms with Crippen molar-refractivity contribution in [3.05, 3.63) is 40.7 Å². The van der Waals surface area contributed by atoms with E-state index < -0.39 is 11.9 Å². The summed E-state index contributed by atoms with van der Waals surface area (Å²) in [5.41, 5.74) is 14.8. The molecule has 11 heteroatoms. The number of benzene rings is 1. The van der Waals surface area contributed by atoms with Crippen molar-refractivity contribution < 1.29 is 23.9 Å². The molecule has 2 aromatic rings. The van der Waals surface area contributed by atoms with Crippen LogP contribution in [0, 0.1) is 12.3 Å². The van der Waals surface area contributed by atoms with Crippen LogP contribution in [0.15, 0.2) is 18.2 Å². The third-order valence-corrected chi connectivity index (χ3v) is 7.37. The molecule has 11 nitrogen and oxygen atoms in total. The van der Waals surface area contributed by atoms with Crippen molar-refractivity contribution in [3.8, 4) is 5.69 Å². The fourth-order valence-electron chi connectivity index (χ4n) is 5.51. The molecule has 2 aliphatic rings. The van der Waals surface area contributed by atoms with Gasteiger partial charge in [0.25, 0.3) is 5.91 Å². The highest BCUT2D eigenvalue weighted by molar-refractivity contribution is 6.00. The summed E-state index contributed by atoms with van der Waals surface area (Å²) in [4.78, 5) is 48.7. The molecule has 0 spiro atoms. The Morgan fingerprint density at radius 1 is 1.15 bits per heavy atom. The van der Waals surface area contributed by atoms with E-state index in [1.54, 1.807) is 12.1 Å². The highest BCUT2D eigenvalue weighted by atomic mass is 16.5. The lowest BCUT2D eigenvalue weighted by atomic mass is 9.75. The van der Waals surface area contributed by atoms with E-state index in [0.29, 0.717) is 48.2 Å². The van der Waals surface area contributed by atoms with Crippen molar-refractivity contribution in [3.63, 3.8) is 0 Å². The second-order valence-electron chi connectivity index (χ2n) is 11.3. The van der Waals surface area contributed by atoms with Gasteiger partial charge in [0.05, 0.1) is 28.2 Å². The standard InChI is InChI=1S/C28H38N6O5/c1-16-26-22(13-28(2,3)14-23(26)35)34(33-16)18-6-9-20(27(30)38)21(12-18)32-17-4-7-19(8-5-17)39-25(37)15-31-24(36)10-11-29/h6,9,12,17,19,32H,4-5,7-8,10-11,13-15,29H2,1-3H3,(H2,30,38)(H,31,36). The summed E-state index contributed by atoms with van der Waals surface area (Å²) < 4.78 is 7.32. The van der Waals surface area contributed by atoms with Gasteiger partial charge in [-0.1, -0.05) is 13.8 Å². The molecule has 1 aromatic carbocycles. The Bertz CT molecular complexity index is 1280. The quantitative estimate of drug-likeness (QED) is 0.352. The van der Waals surface area contributed by atoms with Gasteiger partial charge < -0.3 is 26.8 Å². The summed E-state index contributed by atoms with van der Waals surface area (Å²) in [5.74, 6) is -1.19. The van der Waals surface area contributed by atoms with Crippen LogP contribution in [-0.4, -0.2) is 58.6 Å². The number of nitrogens with two attached hydrogens (primary N) is 2. The number of carbonyl (C=O) groups excluding carboxylic acids is 4. The van der Waals surface area contributed by atoms with E-state index in [1.807, 2.05) is 17.7 Å². The number of aryl methyl sites for hydroxylation is 1. The van der Waals surface area contributed by atoms with Crippen molar-refractivity contribution in [2.24, 2.45) is 16.9 Å². The molecule has 1 aromatic heterocycles. The van der Waals surface area contributed by atoms with Gasteiger partial charge in [-0.25, -0.2) is 4.68 Å². The molecule has 0 saturated heterocycles. The number of aromatic nitrogens is 2. The Labute approximate surface area is 228 Å². The number of rotatable bonds is 9. The number of anilines is 1. The first-order valence-electron chi connectivity index (χ1n) is 13.5. The number of ketones is 1. The average molecular weight is 539 g/mol. The van der Waals surface area contributed by atoms with E-state index in [1.165, 1.54) is 0 Å². The van der Waals surface area contributed by atoms with E-state index in [2.05, 4.69) is 29.6 Å². The number of carbonyl (C=O) groups is 4.